The smallest absolute Gasteiger partial charge is 0.475 e. The summed E-state index contributed by atoms with van der Waals surface area (Å²) >= 11 is 7.88. The molecule has 0 saturated carbocycles. The second-order valence-corrected chi connectivity index (χ2v) is 9.09. The van der Waals surface area contributed by atoms with E-state index < -0.39 is 18.2 Å². The van der Waals surface area contributed by atoms with Gasteiger partial charge in [-0.2, -0.15) is 23.1 Å². The molecule has 0 saturated heterocycles. The number of carboxylic acids is 1. The molecule has 0 radical (unpaired) electrons. The Kier molecular flexibility index (Phi) is 7.24. The van der Waals surface area contributed by atoms with E-state index in [0.717, 1.165) is 5.69 Å². The van der Waals surface area contributed by atoms with Crippen LogP contribution in [0.3, 0.4) is 0 Å². The number of nitrogen functional groups attached to an aromatic ring is 1. The van der Waals surface area contributed by atoms with Crippen LogP contribution in [0.2, 0.25) is 5.02 Å². The molecule has 0 bridgehead atoms. The number of aromatic amines is 1. The van der Waals surface area contributed by atoms with E-state index in [1.165, 1.54) is 17.7 Å². The van der Waals surface area contributed by atoms with Gasteiger partial charge in [-0.3, -0.25) is 9.20 Å². The summed E-state index contributed by atoms with van der Waals surface area (Å²) in [6.07, 6.45) is -3.56. The molecule has 0 aliphatic heterocycles. The summed E-state index contributed by atoms with van der Waals surface area (Å²) in [7, 11) is 0. The van der Waals surface area contributed by atoms with Crippen LogP contribution in [0.1, 0.15) is 24.4 Å². The van der Waals surface area contributed by atoms with Crippen LogP contribution >= 0.6 is 22.9 Å². The van der Waals surface area contributed by atoms with Crippen molar-refractivity contribution in [1.82, 2.24) is 29.3 Å². The van der Waals surface area contributed by atoms with Gasteiger partial charge in [0.05, 0.1) is 23.6 Å². The highest BCUT2D eigenvalue weighted by Crippen LogP contribution is 2.33. The van der Waals surface area contributed by atoms with Crippen molar-refractivity contribution >= 4 is 56.8 Å². The van der Waals surface area contributed by atoms with Gasteiger partial charge in [-0.25, -0.2) is 14.8 Å². The molecular weight excluding hydrogens is 549 g/mol. The minimum Gasteiger partial charge on any atom is -0.475 e. The lowest BCUT2D eigenvalue weighted by atomic mass is 10.0. The molecular formula is C22H18ClF3N8O3S. The zero-order valence-corrected chi connectivity index (χ0v) is 21.1. The lowest BCUT2D eigenvalue weighted by molar-refractivity contribution is -0.192. The largest absolute Gasteiger partial charge is 0.490 e. The van der Waals surface area contributed by atoms with Crippen molar-refractivity contribution in [1.29, 1.82) is 0 Å². The van der Waals surface area contributed by atoms with Gasteiger partial charge in [0.1, 0.15) is 5.52 Å². The van der Waals surface area contributed by atoms with Crippen LogP contribution in [0.15, 0.2) is 40.8 Å². The number of nitrogens with two attached hydrogens (primary N) is 1. The molecule has 1 aromatic carbocycles. The molecule has 0 amide bonds. The Hall–Kier alpha value is -4.24. The first-order valence-electron chi connectivity index (χ1n) is 10.7. The molecule has 0 spiro atoms. The molecule has 1 unspecified atom stereocenters. The van der Waals surface area contributed by atoms with Gasteiger partial charge in [0.25, 0.3) is 5.56 Å². The summed E-state index contributed by atoms with van der Waals surface area (Å²) in [6, 6.07) is 6.84. The van der Waals surface area contributed by atoms with Gasteiger partial charge in [-0.1, -0.05) is 29.8 Å². The van der Waals surface area contributed by atoms with Crippen molar-refractivity contribution < 1.29 is 23.1 Å². The summed E-state index contributed by atoms with van der Waals surface area (Å²) in [5.74, 6) is -2.20. The van der Waals surface area contributed by atoms with Crippen LogP contribution < -0.4 is 16.6 Å². The Morgan fingerprint density at radius 3 is 2.61 bits per heavy atom. The molecule has 4 aromatic heterocycles. The third-order valence-corrected chi connectivity index (χ3v) is 6.49. The van der Waals surface area contributed by atoms with Crippen molar-refractivity contribution in [2.75, 3.05) is 11.1 Å². The molecule has 198 valence electrons. The van der Waals surface area contributed by atoms with Crippen molar-refractivity contribution in [3.63, 3.8) is 0 Å². The molecule has 16 heteroatoms. The molecule has 38 heavy (non-hydrogen) atoms. The van der Waals surface area contributed by atoms with E-state index in [2.05, 4.69) is 25.3 Å². The number of alkyl halides is 3. The zero-order chi connectivity index (χ0) is 27.8. The molecule has 5 aromatic rings. The number of halogens is 4. The monoisotopic (exact) mass is 566 g/mol. The average molecular weight is 567 g/mol. The number of hydrogen-bond donors (Lipinski definition) is 4. The summed E-state index contributed by atoms with van der Waals surface area (Å²) < 4.78 is 33.3. The number of aliphatic carboxylic acids is 1. The van der Waals surface area contributed by atoms with Gasteiger partial charge in [0, 0.05) is 21.7 Å². The number of carboxylic acid groups (broad SMARTS) is 1. The second-order valence-electron chi connectivity index (χ2n) is 7.85. The van der Waals surface area contributed by atoms with E-state index in [0.29, 0.717) is 43.8 Å². The molecule has 0 aliphatic rings. The number of anilines is 2. The van der Waals surface area contributed by atoms with Crippen molar-refractivity contribution in [3.05, 3.63) is 62.7 Å². The molecule has 1 atom stereocenters. The number of nitrogens with one attached hydrogen (secondary N) is 2. The fourth-order valence-electron chi connectivity index (χ4n) is 3.56. The van der Waals surface area contributed by atoms with E-state index >= 15 is 0 Å². The molecule has 0 fully saturated rings. The zero-order valence-electron chi connectivity index (χ0n) is 19.5. The first-order chi connectivity index (χ1) is 17.9. The Bertz CT molecular complexity index is 1720. The molecule has 5 N–H and O–H groups in total. The Morgan fingerprint density at radius 2 is 1.95 bits per heavy atom. The lowest BCUT2D eigenvalue weighted by Gasteiger charge is -2.18. The van der Waals surface area contributed by atoms with Crippen LogP contribution in [-0.4, -0.2) is 46.6 Å². The van der Waals surface area contributed by atoms with Crippen LogP contribution in [-0.2, 0) is 4.79 Å². The fraction of sp³-hybridized carbons (Fsp3) is 0.182. The van der Waals surface area contributed by atoms with Gasteiger partial charge in [-0.15, -0.1) is 11.3 Å². The topological polar surface area (TPSA) is 164 Å². The number of nitrogens with zero attached hydrogens (tertiary/aromatic N) is 5. The Labute approximate surface area is 220 Å². The number of aryl methyl sites for hydroxylation is 1. The third-order valence-electron chi connectivity index (χ3n) is 5.21. The first kappa shape index (κ1) is 26.8. The number of aromatic nitrogens is 6. The molecule has 0 aliphatic carbocycles. The van der Waals surface area contributed by atoms with Crippen molar-refractivity contribution in [2.45, 2.75) is 26.1 Å². The van der Waals surface area contributed by atoms with E-state index in [9.17, 15) is 18.0 Å². The van der Waals surface area contributed by atoms with Gasteiger partial charge in [-0.05, 0) is 19.9 Å². The first-order valence-corrected chi connectivity index (χ1v) is 11.9. The highest BCUT2D eigenvalue weighted by molar-refractivity contribution is 7.15. The highest BCUT2D eigenvalue weighted by atomic mass is 35.5. The number of H-pyrrole nitrogens is 1. The predicted molar refractivity (Wildman–Crippen MR) is 136 cm³/mol. The third kappa shape index (κ3) is 5.24. The van der Waals surface area contributed by atoms with E-state index in [1.54, 1.807) is 10.5 Å². The second kappa shape index (κ2) is 10.3. The Balaban J connectivity index is 0.000000426. The highest BCUT2D eigenvalue weighted by Gasteiger charge is 2.38. The van der Waals surface area contributed by atoms with Crippen LogP contribution in [0.5, 0.6) is 0 Å². The number of benzene rings is 1. The normalized spacial score (nSPS) is 12.3. The summed E-state index contributed by atoms with van der Waals surface area (Å²) in [6.45, 7) is 3.78. The van der Waals surface area contributed by atoms with Gasteiger partial charge in [0.2, 0.25) is 5.95 Å². The summed E-state index contributed by atoms with van der Waals surface area (Å²) in [5.41, 5.74) is 9.17. The maximum absolute atomic E-state index is 13.5. The van der Waals surface area contributed by atoms with E-state index in [4.69, 9.17) is 32.2 Å². The molecule has 5 rings (SSSR count). The number of rotatable bonds is 4. The maximum Gasteiger partial charge on any atom is 0.490 e. The number of fused-ring (bicyclic) bond motifs is 2. The maximum atomic E-state index is 13.5. The SMILES string of the molecule is Cc1csc2nc(C(C)Nc3nc(N)nc4[nH]cnc34)c(-c3ccccc3Cl)c(=O)n12.O=C(O)C(F)(F)F. The van der Waals surface area contributed by atoms with E-state index in [-0.39, 0.29) is 11.5 Å². The molecule has 11 nitrogen and oxygen atoms in total. The van der Waals surface area contributed by atoms with Crippen LogP contribution in [0, 0.1) is 6.92 Å². The van der Waals surface area contributed by atoms with Gasteiger partial charge < -0.3 is 21.1 Å². The minimum absolute atomic E-state index is 0.107. The average Bonchev–Trinajstić information content (AvgIpc) is 3.46. The predicted octanol–water partition coefficient (Wildman–Crippen LogP) is 4.44. The van der Waals surface area contributed by atoms with Crippen molar-refractivity contribution in [3.8, 4) is 11.1 Å². The van der Waals surface area contributed by atoms with Gasteiger partial charge in [0.15, 0.2) is 16.4 Å². The van der Waals surface area contributed by atoms with Crippen LogP contribution in [0.25, 0.3) is 27.3 Å². The van der Waals surface area contributed by atoms with E-state index in [1.807, 2.05) is 37.4 Å². The summed E-state index contributed by atoms with van der Waals surface area (Å²) in [4.78, 5) is 43.5. The Morgan fingerprint density at radius 1 is 1.26 bits per heavy atom. The standard InChI is InChI=1S/C20H17ClN8OS.C2HF3O2/c1-9-7-31-20-26-14(13(18(30)29(9)20)11-5-3-4-6-12(11)21)10(2)25-17-15-16(24-8-23-15)27-19(22)28-17;3-2(4,5)1(6)7/h3-8,10H,1-2H3,(H4,22,23,24,25,27,28);(H,6,7). The number of carbonyl (C=O) groups is 1. The number of imidazole rings is 1. The number of hydrogen-bond acceptors (Lipinski definition) is 9. The quantitative estimate of drug-likeness (QED) is 0.246. The lowest BCUT2D eigenvalue weighted by Crippen LogP contribution is -2.23. The van der Waals surface area contributed by atoms with Gasteiger partial charge >= 0.3 is 12.1 Å². The fourth-order valence-corrected chi connectivity index (χ4v) is 4.65. The van der Waals surface area contributed by atoms with Crippen molar-refractivity contribution in [2.24, 2.45) is 0 Å². The van der Waals surface area contributed by atoms with Crippen LogP contribution in [0.4, 0.5) is 24.9 Å². The minimum atomic E-state index is -5.08. The molecule has 4 heterocycles. The summed E-state index contributed by atoms with van der Waals surface area (Å²) in [5, 5.41) is 12.8. The number of thiazole rings is 1.